The highest BCUT2D eigenvalue weighted by atomic mass is 19.4. The molecule has 14 heavy (non-hydrogen) atoms. The molecule has 0 aliphatic carbocycles. The number of aromatic nitrogens is 3. The molecule has 8 heteroatoms. The summed E-state index contributed by atoms with van der Waals surface area (Å²) in [5.41, 5.74) is 0.0777. The summed E-state index contributed by atoms with van der Waals surface area (Å²) in [6.45, 7) is 0. The first-order valence-corrected chi connectivity index (χ1v) is 3.63. The second-order valence-electron chi connectivity index (χ2n) is 2.67. The number of H-pyrrole nitrogens is 1. The lowest BCUT2D eigenvalue weighted by Gasteiger charge is -2.18. The maximum atomic E-state index is 12.3. The van der Waals surface area contributed by atoms with Crippen molar-refractivity contribution in [2.45, 2.75) is 24.9 Å². The zero-order valence-corrected chi connectivity index (χ0v) is 6.78. The van der Waals surface area contributed by atoms with Crippen LogP contribution in [0.2, 0.25) is 0 Å². The van der Waals surface area contributed by atoms with Gasteiger partial charge in [0.25, 0.3) is 0 Å². The van der Waals surface area contributed by atoms with Crippen molar-refractivity contribution in [2.24, 2.45) is 0 Å². The molecule has 0 unspecified atom stereocenters. The summed E-state index contributed by atoms with van der Waals surface area (Å²) in [6.07, 6.45) is -6.12. The highest BCUT2D eigenvalue weighted by molar-refractivity contribution is 4.92. The first kappa shape index (κ1) is 10.9. The van der Waals surface area contributed by atoms with E-state index < -0.39 is 24.9 Å². The number of aryl methyl sites for hydroxylation is 1. The third kappa shape index (κ3) is 2.39. The third-order valence-electron chi connectivity index (χ3n) is 1.58. The number of aromatic amines is 1. The van der Waals surface area contributed by atoms with Crippen LogP contribution in [0.1, 0.15) is 12.1 Å². The third-order valence-corrected chi connectivity index (χ3v) is 1.58. The molecular weight excluding hydrogens is 209 g/mol. The molecule has 1 N–H and O–H groups in total. The van der Waals surface area contributed by atoms with E-state index in [9.17, 15) is 22.0 Å². The number of rotatable bonds is 3. The van der Waals surface area contributed by atoms with Crippen LogP contribution < -0.4 is 0 Å². The molecule has 0 amide bonds. The van der Waals surface area contributed by atoms with Crippen molar-refractivity contribution >= 4 is 0 Å². The van der Waals surface area contributed by atoms with E-state index in [4.69, 9.17) is 0 Å². The van der Waals surface area contributed by atoms with Crippen molar-refractivity contribution in [1.82, 2.24) is 15.4 Å². The van der Waals surface area contributed by atoms with Gasteiger partial charge in [-0.05, 0) is 6.42 Å². The lowest BCUT2D eigenvalue weighted by Crippen LogP contribution is -2.36. The molecule has 0 radical (unpaired) electrons. The minimum absolute atomic E-state index is 0.0777. The monoisotopic (exact) mass is 215 g/mol. The Hall–Kier alpha value is -1.21. The fourth-order valence-corrected chi connectivity index (χ4v) is 0.774. The molecule has 0 atom stereocenters. The molecule has 0 saturated heterocycles. The predicted octanol–water partition coefficient (Wildman–Crippen LogP) is 1.93. The van der Waals surface area contributed by atoms with Gasteiger partial charge in [0.1, 0.15) is 0 Å². The van der Waals surface area contributed by atoms with Gasteiger partial charge in [0.2, 0.25) is 0 Å². The van der Waals surface area contributed by atoms with Gasteiger partial charge in [-0.3, -0.25) is 5.10 Å². The first-order valence-electron chi connectivity index (χ1n) is 3.63. The second kappa shape index (κ2) is 3.50. The molecule has 0 fully saturated rings. The van der Waals surface area contributed by atoms with Crippen LogP contribution in [0, 0.1) is 0 Å². The standard InChI is InChI=1S/C6H6F5N3/c7-5(8,6(9,10)11)2-1-4-3-12-14-13-4/h3H,1-2H2,(H,12,13,14). The van der Waals surface area contributed by atoms with E-state index >= 15 is 0 Å². The zero-order valence-electron chi connectivity index (χ0n) is 6.78. The van der Waals surface area contributed by atoms with Gasteiger partial charge in [-0.25, -0.2) is 0 Å². The van der Waals surface area contributed by atoms with Gasteiger partial charge in [0, 0.05) is 12.6 Å². The molecular formula is C6H6F5N3. The number of alkyl halides is 5. The van der Waals surface area contributed by atoms with E-state index in [1.54, 1.807) is 0 Å². The lowest BCUT2D eigenvalue weighted by atomic mass is 10.1. The fraction of sp³-hybridized carbons (Fsp3) is 0.667. The minimum atomic E-state index is -5.50. The Bertz CT molecular complexity index is 278. The van der Waals surface area contributed by atoms with Crippen LogP contribution in [0.3, 0.4) is 0 Å². The SMILES string of the molecule is FC(F)(F)C(F)(F)CCc1c[nH]nn1. The summed E-state index contributed by atoms with van der Waals surface area (Å²) in [5, 5.41) is 8.70. The topological polar surface area (TPSA) is 41.6 Å². The highest BCUT2D eigenvalue weighted by Crippen LogP contribution is 2.38. The number of hydrogen-bond donors (Lipinski definition) is 1. The largest absolute Gasteiger partial charge is 0.453 e. The van der Waals surface area contributed by atoms with Gasteiger partial charge in [0.15, 0.2) is 0 Å². The molecule has 0 spiro atoms. The van der Waals surface area contributed by atoms with Crippen molar-refractivity contribution in [1.29, 1.82) is 0 Å². The molecule has 3 nitrogen and oxygen atoms in total. The molecule has 0 saturated carbocycles. The van der Waals surface area contributed by atoms with Gasteiger partial charge >= 0.3 is 12.1 Å². The molecule has 0 aromatic carbocycles. The van der Waals surface area contributed by atoms with Crippen LogP contribution in [-0.2, 0) is 6.42 Å². The minimum Gasteiger partial charge on any atom is -0.265 e. The fourth-order valence-electron chi connectivity index (χ4n) is 0.774. The second-order valence-corrected chi connectivity index (χ2v) is 2.67. The molecule has 1 heterocycles. The van der Waals surface area contributed by atoms with Crippen molar-refractivity contribution in [3.05, 3.63) is 11.9 Å². The Balaban J connectivity index is 2.53. The first-order chi connectivity index (χ1) is 6.33. The Kier molecular flexibility index (Phi) is 2.72. The van der Waals surface area contributed by atoms with Crippen molar-refractivity contribution < 1.29 is 22.0 Å². The Morgan fingerprint density at radius 2 is 1.86 bits per heavy atom. The van der Waals surface area contributed by atoms with Crippen LogP contribution in [0.25, 0.3) is 0 Å². The van der Waals surface area contributed by atoms with Crippen LogP contribution in [0.4, 0.5) is 22.0 Å². The summed E-state index contributed by atoms with van der Waals surface area (Å²) in [6, 6.07) is 0. The van der Waals surface area contributed by atoms with Crippen LogP contribution >= 0.6 is 0 Å². The van der Waals surface area contributed by atoms with Crippen molar-refractivity contribution in [3.8, 4) is 0 Å². The summed E-state index contributed by atoms with van der Waals surface area (Å²) in [5.74, 6) is -4.67. The lowest BCUT2D eigenvalue weighted by molar-refractivity contribution is -0.284. The average Bonchev–Trinajstić information content (AvgIpc) is 2.50. The molecule has 1 rings (SSSR count). The van der Waals surface area contributed by atoms with Gasteiger partial charge in [-0.1, -0.05) is 5.21 Å². The van der Waals surface area contributed by atoms with Gasteiger partial charge in [-0.2, -0.15) is 22.0 Å². The average molecular weight is 215 g/mol. The normalized spacial score (nSPS) is 13.2. The summed E-state index contributed by atoms with van der Waals surface area (Å²) >= 11 is 0. The van der Waals surface area contributed by atoms with Crippen molar-refractivity contribution in [3.63, 3.8) is 0 Å². The van der Waals surface area contributed by atoms with E-state index in [1.165, 1.54) is 6.20 Å². The Morgan fingerprint density at radius 3 is 2.29 bits per heavy atom. The molecule has 0 aliphatic heterocycles. The van der Waals surface area contributed by atoms with Crippen LogP contribution in [-0.4, -0.2) is 27.5 Å². The number of halogens is 5. The molecule has 0 aliphatic rings. The van der Waals surface area contributed by atoms with Gasteiger partial charge in [-0.15, -0.1) is 5.10 Å². The quantitative estimate of drug-likeness (QED) is 0.782. The van der Waals surface area contributed by atoms with E-state index in [0.29, 0.717) is 0 Å². The predicted molar refractivity (Wildman–Crippen MR) is 35.7 cm³/mol. The van der Waals surface area contributed by atoms with Gasteiger partial charge in [0.05, 0.1) is 5.69 Å². The van der Waals surface area contributed by atoms with E-state index in [0.717, 1.165) is 0 Å². The molecule has 1 aromatic rings. The van der Waals surface area contributed by atoms with E-state index in [1.807, 2.05) is 0 Å². The van der Waals surface area contributed by atoms with E-state index in [2.05, 4.69) is 15.4 Å². The Labute approximate surface area is 75.3 Å². The summed E-state index contributed by atoms with van der Waals surface area (Å²) < 4.78 is 59.7. The number of nitrogens with zero attached hydrogens (tertiary/aromatic N) is 2. The highest BCUT2D eigenvalue weighted by Gasteiger charge is 2.56. The summed E-state index contributed by atoms with van der Waals surface area (Å²) in [7, 11) is 0. The van der Waals surface area contributed by atoms with E-state index in [-0.39, 0.29) is 5.69 Å². The van der Waals surface area contributed by atoms with Crippen LogP contribution in [0.15, 0.2) is 6.20 Å². The maximum Gasteiger partial charge on any atom is 0.453 e. The zero-order chi connectivity index (χ0) is 10.8. The smallest absolute Gasteiger partial charge is 0.265 e. The molecule has 0 bridgehead atoms. The van der Waals surface area contributed by atoms with Crippen LogP contribution in [0.5, 0.6) is 0 Å². The Morgan fingerprint density at radius 1 is 1.21 bits per heavy atom. The maximum absolute atomic E-state index is 12.3. The van der Waals surface area contributed by atoms with Gasteiger partial charge < -0.3 is 0 Å². The number of hydrogen-bond acceptors (Lipinski definition) is 2. The van der Waals surface area contributed by atoms with Crippen molar-refractivity contribution in [2.75, 3.05) is 0 Å². The molecule has 1 aromatic heterocycles. The number of nitrogens with one attached hydrogen (secondary N) is 1. The molecule has 80 valence electrons. The summed E-state index contributed by atoms with van der Waals surface area (Å²) in [4.78, 5) is 0.